The van der Waals surface area contributed by atoms with Gasteiger partial charge in [0, 0.05) is 7.11 Å². The molecule has 0 saturated carbocycles. The Morgan fingerprint density at radius 2 is 0.857 bits per heavy atom. The molecule has 4 atom stereocenters. The Morgan fingerprint density at radius 1 is 0.524 bits per heavy atom. The fourth-order valence-corrected chi connectivity index (χ4v) is 1.44. The molecule has 0 amide bonds. The smallest absolute Gasteiger partial charge is 0.0781 e. The van der Waals surface area contributed by atoms with E-state index in [9.17, 15) is 0 Å². The predicted octanol–water partition coefficient (Wildman–Crippen LogP) is 2.66. The minimum absolute atomic E-state index is 0.0393. The molecule has 0 N–H and O–H groups in total. The zero-order chi connectivity index (χ0) is 16.3. The molecule has 0 bridgehead atoms. The van der Waals surface area contributed by atoms with Crippen LogP contribution >= 0.6 is 0 Å². The standard InChI is InChI=1S/C16H34O5/c1-12(2)18-9-14(4)20-11-16(6)21-10-15(5)19-8-13(3)17-7/h12-16H,8-11H2,1-7H3. The van der Waals surface area contributed by atoms with E-state index >= 15 is 0 Å². The molecule has 0 radical (unpaired) electrons. The van der Waals surface area contributed by atoms with Gasteiger partial charge in [-0.2, -0.15) is 0 Å². The van der Waals surface area contributed by atoms with E-state index in [1.807, 2.05) is 41.5 Å². The van der Waals surface area contributed by atoms with Gasteiger partial charge in [0.05, 0.1) is 56.9 Å². The summed E-state index contributed by atoms with van der Waals surface area (Å²) in [6.07, 6.45) is 0.506. The fourth-order valence-electron chi connectivity index (χ4n) is 1.44. The molecule has 0 fully saturated rings. The van der Waals surface area contributed by atoms with Crippen LogP contribution in [0.1, 0.15) is 41.5 Å². The number of ether oxygens (including phenoxy) is 5. The van der Waals surface area contributed by atoms with Crippen molar-refractivity contribution >= 4 is 0 Å². The zero-order valence-electron chi connectivity index (χ0n) is 14.8. The highest BCUT2D eigenvalue weighted by Gasteiger charge is 2.11. The van der Waals surface area contributed by atoms with Gasteiger partial charge in [-0.05, 0) is 41.5 Å². The van der Waals surface area contributed by atoms with E-state index in [0.717, 1.165) is 0 Å². The van der Waals surface area contributed by atoms with Crippen molar-refractivity contribution in [1.82, 2.24) is 0 Å². The molecule has 0 saturated heterocycles. The molecule has 0 aromatic carbocycles. The largest absolute Gasteiger partial charge is 0.379 e. The van der Waals surface area contributed by atoms with E-state index in [2.05, 4.69) is 0 Å². The second kappa shape index (κ2) is 12.4. The summed E-state index contributed by atoms with van der Waals surface area (Å²) >= 11 is 0. The molecule has 4 unspecified atom stereocenters. The summed E-state index contributed by atoms with van der Waals surface area (Å²) in [4.78, 5) is 0. The van der Waals surface area contributed by atoms with Crippen LogP contribution in [0.3, 0.4) is 0 Å². The van der Waals surface area contributed by atoms with Gasteiger partial charge in [-0.1, -0.05) is 0 Å². The average molecular weight is 306 g/mol. The van der Waals surface area contributed by atoms with Crippen molar-refractivity contribution in [3.05, 3.63) is 0 Å². The first-order chi connectivity index (χ1) is 9.85. The van der Waals surface area contributed by atoms with Crippen molar-refractivity contribution < 1.29 is 23.7 Å². The van der Waals surface area contributed by atoms with E-state index < -0.39 is 0 Å². The van der Waals surface area contributed by atoms with E-state index in [4.69, 9.17) is 23.7 Å². The van der Waals surface area contributed by atoms with Crippen molar-refractivity contribution in [2.75, 3.05) is 33.5 Å². The summed E-state index contributed by atoms with van der Waals surface area (Å²) in [5.41, 5.74) is 0. The van der Waals surface area contributed by atoms with E-state index in [-0.39, 0.29) is 30.5 Å². The maximum Gasteiger partial charge on any atom is 0.0781 e. The van der Waals surface area contributed by atoms with E-state index in [1.54, 1.807) is 7.11 Å². The second-order valence-corrected chi connectivity index (χ2v) is 5.86. The topological polar surface area (TPSA) is 46.2 Å². The lowest BCUT2D eigenvalue weighted by Crippen LogP contribution is -2.28. The molecule has 21 heavy (non-hydrogen) atoms. The minimum Gasteiger partial charge on any atom is -0.379 e. The number of methoxy groups -OCH3 is 1. The Hall–Kier alpha value is -0.200. The molecule has 5 heteroatoms. The summed E-state index contributed by atoms with van der Waals surface area (Å²) in [7, 11) is 1.68. The summed E-state index contributed by atoms with van der Waals surface area (Å²) in [5, 5.41) is 0. The third-order valence-electron chi connectivity index (χ3n) is 2.91. The highest BCUT2D eigenvalue weighted by Crippen LogP contribution is 2.02. The maximum absolute atomic E-state index is 5.71. The molecule has 5 nitrogen and oxygen atoms in total. The fraction of sp³-hybridized carbons (Fsp3) is 1.00. The van der Waals surface area contributed by atoms with Crippen LogP contribution in [0, 0.1) is 0 Å². The van der Waals surface area contributed by atoms with Crippen LogP contribution in [0.5, 0.6) is 0 Å². The summed E-state index contributed by atoms with van der Waals surface area (Å²) < 4.78 is 27.7. The number of hydrogen-bond acceptors (Lipinski definition) is 5. The lowest BCUT2D eigenvalue weighted by Gasteiger charge is -2.21. The first kappa shape index (κ1) is 20.8. The third-order valence-corrected chi connectivity index (χ3v) is 2.91. The maximum atomic E-state index is 5.71. The second-order valence-electron chi connectivity index (χ2n) is 5.86. The Balaban J connectivity index is 3.62. The van der Waals surface area contributed by atoms with E-state index in [1.165, 1.54) is 0 Å². The van der Waals surface area contributed by atoms with Crippen LogP contribution in [-0.2, 0) is 23.7 Å². The normalized spacial score (nSPS) is 17.7. The first-order valence-corrected chi connectivity index (χ1v) is 7.84. The third kappa shape index (κ3) is 13.2. The zero-order valence-corrected chi connectivity index (χ0v) is 14.8. The van der Waals surface area contributed by atoms with Gasteiger partial charge >= 0.3 is 0 Å². The van der Waals surface area contributed by atoms with E-state index in [0.29, 0.717) is 26.4 Å². The number of hydrogen-bond donors (Lipinski definition) is 0. The first-order valence-electron chi connectivity index (χ1n) is 7.84. The van der Waals surface area contributed by atoms with Gasteiger partial charge in [0.15, 0.2) is 0 Å². The van der Waals surface area contributed by atoms with Crippen molar-refractivity contribution in [2.45, 2.75) is 72.1 Å². The van der Waals surface area contributed by atoms with Crippen LogP contribution in [0.25, 0.3) is 0 Å². The molecule has 0 aliphatic rings. The quantitative estimate of drug-likeness (QED) is 0.523. The molecule has 128 valence electrons. The summed E-state index contributed by atoms with van der Waals surface area (Å²) in [6.45, 7) is 14.3. The Morgan fingerprint density at radius 3 is 1.19 bits per heavy atom. The van der Waals surface area contributed by atoms with Gasteiger partial charge in [-0.25, -0.2) is 0 Å². The van der Waals surface area contributed by atoms with Crippen molar-refractivity contribution in [2.24, 2.45) is 0 Å². The lowest BCUT2D eigenvalue weighted by atomic mass is 10.3. The molecule has 0 aromatic rings. The van der Waals surface area contributed by atoms with Crippen LogP contribution in [0.4, 0.5) is 0 Å². The monoisotopic (exact) mass is 306 g/mol. The Kier molecular flexibility index (Phi) is 12.2. The van der Waals surface area contributed by atoms with Crippen LogP contribution in [-0.4, -0.2) is 64.1 Å². The molecular weight excluding hydrogens is 272 g/mol. The van der Waals surface area contributed by atoms with Gasteiger partial charge in [-0.3, -0.25) is 0 Å². The van der Waals surface area contributed by atoms with Crippen molar-refractivity contribution in [3.8, 4) is 0 Å². The molecule has 0 rings (SSSR count). The predicted molar refractivity (Wildman–Crippen MR) is 83.8 cm³/mol. The van der Waals surface area contributed by atoms with Gasteiger partial charge < -0.3 is 23.7 Å². The molecule has 0 aliphatic carbocycles. The van der Waals surface area contributed by atoms with Crippen LogP contribution < -0.4 is 0 Å². The van der Waals surface area contributed by atoms with Crippen molar-refractivity contribution in [3.63, 3.8) is 0 Å². The van der Waals surface area contributed by atoms with Crippen LogP contribution in [0.15, 0.2) is 0 Å². The molecular formula is C16H34O5. The Labute approximate surface area is 130 Å². The van der Waals surface area contributed by atoms with Crippen molar-refractivity contribution in [1.29, 1.82) is 0 Å². The van der Waals surface area contributed by atoms with Gasteiger partial charge in [0.2, 0.25) is 0 Å². The molecule has 0 spiro atoms. The highest BCUT2D eigenvalue weighted by atomic mass is 16.6. The summed E-state index contributed by atoms with van der Waals surface area (Å²) in [5.74, 6) is 0. The van der Waals surface area contributed by atoms with Gasteiger partial charge in [0.25, 0.3) is 0 Å². The summed E-state index contributed by atoms with van der Waals surface area (Å²) in [6, 6.07) is 0. The Bertz CT molecular complexity index is 235. The van der Waals surface area contributed by atoms with Crippen LogP contribution in [0.2, 0.25) is 0 Å². The van der Waals surface area contributed by atoms with Gasteiger partial charge in [0.1, 0.15) is 0 Å². The van der Waals surface area contributed by atoms with Gasteiger partial charge in [-0.15, -0.1) is 0 Å². The highest BCUT2D eigenvalue weighted by molar-refractivity contribution is 4.56. The lowest BCUT2D eigenvalue weighted by molar-refractivity contribution is -0.0920. The minimum atomic E-state index is 0.0393. The molecule has 0 aliphatic heterocycles. The number of rotatable bonds is 13. The molecule has 0 aromatic heterocycles. The SMILES string of the molecule is COC(C)COC(C)COC(C)COC(C)COC(C)C. The average Bonchev–Trinajstić information content (AvgIpc) is 2.45. The molecule has 0 heterocycles.